The molecule has 0 radical (unpaired) electrons. The standard InChI is InChI=1S/C14H21NO3/c1-3-16-12-4-6-13(7-5-12)18-10-14-8-15-11(2)9-17-14/h4-7,11,14-15H,3,8-10H2,1-2H3. The van der Waals surface area contributed by atoms with E-state index in [0.717, 1.165) is 24.7 Å². The second-order valence-electron chi connectivity index (χ2n) is 4.48. The molecule has 0 aliphatic carbocycles. The molecule has 1 aliphatic heterocycles. The second kappa shape index (κ2) is 6.61. The highest BCUT2D eigenvalue weighted by Crippen LogP contribution is 2.18. The first-order valence-corrected chi connectivity index (χ1v) is 6.48. The fourth-order valence-electron chi connectivity index (χ4n) is 1.83. The Morgan fingerprint density at radius 1 is 1.22 bits per heavy atom. The number of hydrogen-bond acceptors (Lipinski definition) is 4. The van der Waals surface area contributed by atoms with Gasteiger partial charge in [-0.1, -0.05) is 0 Å². The van der Waals surface area contributed by atoms with Crippen molar-refractivity contribution in [3.05, 3.63) is 24.3 Å². The molecule has 1 aromatic rings. The van der Waals surface area contributed by atoms with Crippen molar-refractivity contribution in [3.63, 3.8) is 0 Å². The van der Waals surface area contributed by atoms with E-state index in [2.05, 4.69) is 12.2 Å². The summed E-state index contributed by atoms with van der Waals surface area (Å²) in [7, 11) is 0. The van der Waals surface area contributed by atoms with E-state index in [-0.39, 0.29) is 6.10 Å². The normalized spacial score (nSPS) is 23.7. The first-order valence-electron chi connectivity index (χ1n) is 6.48. The highest BCUT2D eigenvalue weighted by Gasteiger charge is 2.18. The van der Waals surface area contributed by atoms with Crippen LogP contribution in [0.25, 0.3) is 0 Å². The smallest absolute Gasteiger partial charge is 0.119 e. The maximum atomic E-state index is 5.69. The summed E-state index contributed by atoms with van der Waals surface area (Å²) in [5.74, 6) is 1.72. The topological polar surface area (TPSA) is 39.7 Å². The third-order valence-corrected chi connectivity index (χ3v) is 2.85. The second-order valence-corrected chi connectivity index (χ2v) is 4.48. The molecule has 0 spiro atoms. The molecule has 1 aromatic carbocycles. The van der Waals surface area contributed by atoms with Gasteiger partial charge in [-0.3, -0.25) is 0 Å². The van der Waals surface area contributed by atoms with Gasteiger partial charge in [0.1, 0.15) is 24.2 Å². The molecule has 4 heteroatoms. The van der Waals surface area contributed by atoms with E-state index in [1.807, 2.05) is 31.2 Å². The quantitative estimate of drug-likeness (QED) is 0.867. The maximum Gasteiger partial charge on any atom is 0.119 e. The van der Waals surface area contributed by atoms with Crippen LogP contribution in [0.3, 0.4) is 0 Å². The molecule has 0 amide bonds. The first kappa shape index (κ1) is 13.2. The third kappa shape index (κ3) is 3.89. The molecule has 100 valence electrons. The van der Waals surface area contributed by atoms with Crippen molar-refractivity contribution in [1.82, 2.24) is 5.32 Å². The van der Waals surface area contributed by atoms with E-state index in [4.69, 9.17) is 14.2 Å². The van der Waals surface area contributed by atoms with Gasteiger partial charge in [-0.25, -0.2) is 0 Å². The lowest BCUT2D eigenvalue weighted by Gasteiger charge is -2.28. The Hall–Kier alpha value is -1.26. The number of ether oxygens (including phenoxy) is 3. The Balaban J connectivity index is 1.76. The van der Waals surface area contributed by atoms with Gasteiger partial charge in [0.25, 0.3) is 0 Å². The zero-order valence-corrected chi connectivity index (χ0v) is 11.0. The summed E-state index contributed by atoms with van der Waals surface area (Å²) in [6, 6.07) is 8.11. The summed E-state index contributed by atoms with van der Waals surface area (Å²) >= 11 is 0. The molecule has 1 saturated heterocycles. The molecule has 2 rings (SSSR count). The molecule has 1 fully saturated rings. The lowest BCUT2D eigenvalue weighted by Crippen LogP contribution is -2.46. The van der Waals surface area contributed by atoms with Crippen molar-refractivity contribution in [2.45, 2.75) is 26.0 Å². The van der Waals surface area contributed by atoms with Gasteiger partial charge in [0.15, 0.2) is 0 Å². The number of hydrogen-bond donors (Lipinski definition) is 1. The number of morpholine rings is 1. The predicted octanol–water partition coefficient (Wildman–Crippen LogP) is 1.84. The predicted molar refractivity (Wildman–Crippen MR) is 70.3 cm³/mol. The van der Waals surface area contributed by atoms with Gasteiger partial charge in [0.05, 0.1) is 13.2 Å². The average Bonchev–Trinajstić information content (AvgIpc) is 2.40. The molecule has 1 aliphatic rings. The molecule has 0 bridgehead atoms. The molecule has 1 N–H and O–H groups in total. The Kier molecular flexibility index (Phi) is 4.84. The van der Waals surface area contributed by atoms with Crippen molar-refractivity contribution in [2.24, 2.45) is 0 Å². The van der Waals surface area contributed by atoms with Gasteiger partial charge in [-0.05, 0) is 38.1 Å². The summed E-state index contributed by atoms with van der Waals surface area (Å²) in [5, 5.41) is 3.37. The summed E-state index contributed by atoms with van der Waals surface area (Å²) in [4.78, 5) is 0. The van der Waals surface area contributed by atoms with Gasteiger partial charge in [-0.2, -0.15) is 0 Å². The molecule has 2 unspecified atom stereocenters. The molecule has 0 aromatic heterocycles. The molecule has 2 atom stereocenters. The number of benzene rings is 1. The van der Waals surface area contributed by atoms with Crippen LogP contribution in [0, 0.1) is 0 Å². The van der Waals surface area contributed by atoms with Gasteiger partial charge < -0.3 is 19.5 Å². The van der Waals surface area contributed by atoms with Crippen LogP contribution in [-0.4, -0.2) is 38.5 Å². The third-order valence-electron chi connectivity index (χ3n) is 2.85. The molecule has 1 heterocycles. The molecule has 4 nitrogen and oxygen atoms in total. The lowest BCUT2D eigenvalue weighted by atomic mass is 10.2. The SMILES string of the molecule is CCOc1ccc(OCC2CNC(C)CO2)cc1. The summed E-state index contributed by atoms with van der Waals surface area (Å²) in [5.41, 5.74) is 0. The monoisotopic (exact) mass is 251 g/mol. The Morgan fingerprint density at radius 3 is 2.44 bits per heavy atom. The summed E-state index contributed by atoms with van der Waals surface area (Å²) < 4.78 is 16.7. The van der Waals surface area contributed by atoms with Crippen LogP contribution in [0.2, 0.25) is 0 Å². The number of rotatable bonds is 5. The van der Waals surface area contributed by atoms with Crippen LogP contribution in [0.1, 0.15) is 13.8 Å². The summed E-state index contributed by atoms with van der Waals surface area (Å²) in [6.45, 7) is 6.94. The van der Waals surface area contributed by atoms with Crippen molar-refractivity contribution in [2.75, 3.05) is 26.4 Å². The first-order chi connectivity index (χ1) is 8.78. The summed E-state index contributed by atoms with van der Waals surface area (Å²) in [6.07, 6.45) is 0.132. The van der Waals surface area contributed by atoms with Crippen LogP contribution >= 0.6 is 0 Å². The van der Waals surface area contributed by atoms with Crippen LogP contribution in [0.4, 0.5) is 0 Å². The minimum absolute atomic E-state index is 0.132. The Morgan fingerprint density at radius 2 is 1.89 bits per heavy atom. The highest BCUT2D eigenvalue weighted by atomic mass is 16.5. The average molecular weight is 251 g/mol. The lowest BCUT2D eigenvalue weighted by molar-refractivity contribution is -0.0165. The minimum Gasteiger partial charge on any atom is -0.494 e. The molecule has 0 saturated carbocycles. The van der Waals surface area contributed by atoms with Crippen molar-refractivity contribution < 1.29 is 14.2 Å². The van der Waals surface area contributed by atoms with Gasteiger partial charge >= 0.3 is 0 Å². The van der Waals surface area contributed by atoms with E-state index in [9.17, 15) is 0 Å². The largest absolute Gasteiger partial charge is 0.494 e. The van der Waals surface area contributed by atoms with E-state index in [0.29, 0.717) is 19.3 Å². The number of nitrogens with one attached hydrogen (secondary N) is 1. The van der Waals surface area contributed by atoms with Crippen molar-refractivity contribution in [3.8, 4) is 11.5 Å². The highest BCUT2D eigenvalue weighted by molar-refractivity contribution is 5.31. The van der Waals surface area contributed by atoms with Crippen molar-refractivity contribution >= 4 is 0 Å². The molecular formula is C14H21NO3. The zero-order chi connectivity index (χ0) is 12.8. The fourth-order valence-corrected chi connectivity index (χ4v) is 1.83. The van der Waals surface area contributed by atoms with Gasteiger partial charge in [0, 0.05) is 12.6 Å². The fraction of sp³-hybridized carbons (Fsp3) is 0.571. The zero-order valence-electron chi connectivity index (χ0n) is 11.0. The van der Waals surface area contributed by atoms with E-state index < -0.39 is 0 Å². The minimum atomic E-state index is 0.132. The van der Waals surface area contributed by atoms with Crippen LogP contribution in [0.15, 0.2) is 24.3 Å². The van der Waals surface area contributed by atoms with Crippen molar-refractivity contribution in [1.29, 1.82) is 0 Å². The van der Waals surface area contributed by atoms with Crippen LogP contribution in [0.5, 0.6) is 11.5 Å². The maximum absolute atomic E-state index is 5.69. The van der Waals surface area contributed by atoms with E-state index >= 15 is 0 Å². The van der Waals surface area contributed by atoms with Crippen LogP contribution in [-0.2, 0) is 4.74 Å². The Bertz CT molecular complexity index is 345. The molecule has 18 heavy (non-hydrogen) atoms. The van der Waals surface area contributed by atoms with Gasteiger partial charge in [0.2, 0.25) is 0 Å². The van der Waals surface area contributed by atoms with E-state index in [1.54, 1.807) is 0 Å². The van der Waals surface area contributed by atoms with Gasteiger partial charge in [-0.15, -0.1) is 0 Å². The molecular weight excluding hydrogens is 230 g/mol. The van der Waals surface area contributed by atoms with Crippen LogP contribution < -0.4 is 14.8 Å². The van der Waals surface area contributed by atoms with E-state index in [1.165, 1.54) is 0 Å². The Labute approximate surface area is 108 Å².